The van der Waals surface area contributed by atoms with E-state index in [9.17, 15) is 5.11 Å². The molecule has 2 atom stereocenters. The van der Waals surface area contributed by atoms with Crippen molar-refractivity contribution >= 4 is 0 Å². The van der Waals surface area contributed by atoms with E-state index in [1.54, 1.807) is 7.11 Å². The smallest absolute Gasteiger partial charge is 0.137 e. The molecule has 1 rings (SSSR count). The minimum Gasteiger partial charge on any atom is -0.497 e. The van der Waals surface area contributed by atoms with Gasteiger partial charge in [-0.15, -0.1) is 0 Å². The molecule has 0 spiro atoms. The van der Waals surface area contributed by atoms with Crippen LogP contribution in [0.15, 0.2) is 24.3 Å². The van der Waals surface area contributed by atoms with Crippen molar-refractivity contribution < 1.29 is 19.9 Å². The van der Waals surface area contributed by atoms with Gasteiger partial charge in [-0.3, -0.25) is 0 Å². The zero-order valence-corrected chi connectivity index (χ0v) is 11.4. The predicted octanol–water partition coefficient (Wildman–Crippen LogP) is 0.797. The Kier molecular flexibility index (Phi) is 6.54. The molecule has 4 nitrogen and oxygen atoms in total. The second-order valence-electron chi connectivity index (χ2n) is 4.50. The fraction of sp³-hybridized carbons (Fsp3) is 0.571. The van der Waals surface area contributed by atoms with Crippen molar-refractivity contribution in [1.29, 1.82) is 0 Å². The maximum absolute atomic E-state index is 9.79. The lowest BCUT2D eigenvalue weighted by molar-refractivity contribution is -0.691. The number of quaternary nitrogens is 1. The number of methoxy groups -OCH3 is 1. The number of aliphatic hydroxyl groups is 1. The fourth-order valence-corrected chi connectivity index (χ4v) is 1.51. The van der Waals surface area contributed by atoms with E-state index >= 15 is 0 Å². The number of benzene rings is 1. The standard InChI is InChI=1S/C14H23NO3/c1-4-11(2)15-9-12(16)10-18-14-7-5-6-13(8-14)17-3/h5-8,11-12,15-16H,4,9-10H2,1-3H3/p+1/t11-,12+/m1/s1. The third-order valence-corrected chi connectivity index (χ3v) is 2.94. The normalized spacial score (nSPS) is 14.0. The number of hydrogen-bond acceptors (Lipinski definition) is 3. The van der Waals surface area contributed by atoms with Gasteiger partial charge in [0.15, 0.2) is 0 Å². The zero-order chi connectivity index (χ0) is 13.4. The van der Waals surface area contributed by atoms with Gasteiger partial charge in [-0.1, -0.05) is 13.0 Å². The van der Waals surface area contributed by atoms with Gasteiger partial charge in [-0.2, -0.15) is 0 Å². The van der Waals surface area contributed by atoms with Crippen molar-refractivity contribution in [2.45, 2.75) is 32.4 Å². The van der Waals surface area contributed by atoms with Crippen LogP contribution >= 0.6 is 0 Å². The van der Waals surface area contributed by atoms with Crippen LogP contribution in [0.4, 0.5) is 0 Å². The summed E-state index contributed by atoms with van der Waals surface area (Å²) in [5.41, 5.74) is 0. The van der Waals surface area contributed by atoms with Crippen molar-refractivity contribution in [2.24, 2.45) is 0 Å². The minimum atomic E-state index is -0.454. The number of rotatable bonds is 8. The molecule has 3 N–H and O–H groups in total. The molecular weight excluding hydrogens is 230 g/mol. The van der Waals surface area contributed by atoms with E-state index in [1.165, 1.54) is 0 Å². The summed E-state index contributed by atoms with van der Waals surface area (Å²) >= 11 is 0. The number of hydrogen-bond donors (Lipinski definition) is 2. The Hall–Kier alpha value is -1.26. The van der Waals surface area contributed by atoms with Crippen LogP contribution in [0.2, 0.25) is 0 Å². The first-order valence-corrected chi connectivity index (χ1v) is 6.44. The quantitative estimate of drug-likeness (QED) is 0.721. The van der Waals surface area contributed by atoms with Crippen molar-refractivity contribution in [3.63, 3.8) is 0 Å². The molecule has 0 aromatic heterocycles. The second kappa shape index (κ2) is 7.95. The van der Waals surface area contributed by atoms with E-state index in [-0.39, 0.29) is 0 Å². The van der Waals surface area contributed by atoms with Gasteiger partial charge in [-0.05, 0) is 25.5 Å². The van der Waals surface area contributed by atoms with Gasteiger partial charge >= 0.3 is 0 Å². The maximum Gasteiger partial charge on any atom is 0.137 e. The van der Waals surface area contributed by atoms with E-state index in [0.29, 0.717) is 19.2 Å². The summed E-state index contributed by atoms with van der Waals surface area (Å²) in [6.45, 7) is 5.26. The van der Waals surface area contributed by atoms with Crippen molar-refractivity contribution in [3.8, 4) is 11.5 Å². The number of aliphatic hydroxyl groups excluding tert-OH is 1. The minimum absolute atomic E-state index is 0.306. The van der Waals surface area contributed by atoms with Gasteiger partial charge in [-0.25, -0.2) is 0 Å². The van der Waals surface area contributed by atoms with Gasteiger partial charge in [0, 0.05) is 6.07 Å². The van der Waals surface area contributed by atoms with Crippen LogP contribution in [0.3, 0.4) is 0 Å². The Morgan fingerprint density at radius 1 is 1.33 bits per heavy atom. The Bertz CT molecular complexity index is 344. The average Bonchev–Trinajstić information content (AvgIpc) is 2.42. The van der Waals surface area contributed by atoms with Crippen LogP contribution in [0.25, 0.3) is 0 Å². The van der Waals surface area contributed by atoms with E-state index in [1.807, 2.05) is 24.3 Å². The zero-order valence-electron chi connectivity index (χ0n) is 11.4. The fourth-order valence-electron chi connectivity index (χ4n) is 1.51. The molecule has 0 bridgehead atoms. The lowest BCUT2D eigenvalue weighted by Gasteiger charge is -2.14. The molecule has 0 unspecified atom stereocenters. The number of nitrogens with two attached hydrogens (primary N) is 1. The van der Waals surface area contributed by atoms with E-state index in [4.69, 9.17) is 9.47 Å². The summed E-state index contributed by atoms with van der Waals surface area (Å²) in [5.74, 6) is 1.48. The molecule has 0 aliphatic rings. The van der Waals surface area contributed by atoms with E-state index in [0.717, 1.165) is 17.9 Å². The van der Waals surface area contributed by atoms with Crippen LogP contribution in [-0.2, 0) is 0 Å². The van der Waals surface area contributed by atoms with Crippen LogP contribution in [0, 0.1) is 0 Å². The summed E-state index contributed by atoms with van der Waals surface area (Å²) in [7, 11) is 1.62. The molecule has 0 aliphatic heterocycles. The molecule has 1 aromatic rings. The molecule has 0 heterocycles. The van der Waals surface area contributed by atoms with Crippen molar-refractivity contribution in [2.75, 3.05) is 20.3 Å². The number of ether oxygens (including phenoxy) is 2. The molecule has 0 saturated heterocycles. The van der Waals surface area contributed by atoms with Crippen LogP contribution in [0.5, 0.6) is 11.5 Å². The maximum atomic E-state index is 9.79. The first-order valence-electron chi connectivity index (χ1n) is 6.44. The van der Waals surface area contributed by atoms with E-state index in [2.05, 4.69) is 19.2 Å². The predicted molar refractivity (Wildman–Crippen MR) is 71.0 cm³/mol. The van der Waals surface area contributed by atoms with Crippen LogP contribution in [0.1, 0.15) is 20.3 Å². The van der Waals surface area contributed by atoms with Gasteiger partial charge in [0.25, 0.3) is 0 Å². The molecule has 102 valence electrons. The molecule has 18 heavy (non-hydrogen) atoms. The average molecular weight is 254 g/mol. The summed E-state index contributed by atoms with van der Waals surface area (Å²) < 4.78 is 10.6. The molecule has 1 aromatic carbocycles. The molecule has 0 saturated carbocycles. The Balaban J connectivity index is 2.30. The Labute approximate surface area is 109 Å². The molecule has 4 heteroatoms. The van der Waals surface area contributed by atoms with Crippen LogP contribution < -0.4 is 14.8 Å². The second-order valence-corrected chi connectivity index (χ2v) is 4.50. The Morgan fingerprint density at radius 3 is 2.72 bits per heavy atom. The summed E-state index contributed by atoms with van der Waals surface area (Å²) in [4.78, 5) is 0. The van der Waals surface area contributed by atoms with E-state index < -0.39 is 6.10 Å². The first-order chi connectivity index (χ1) is 8.65. The lowest BCUT2D eigenvalue weighted by atomic mass is 10.2. The highest BCUT2D eigenvalue weighted by molar-refractivity contribution is 5.32. The molecule has 0 radical (unpaired) electrons. The van der Waals surface area contributed by atoms with Crippen molar-refractivity contribution in [3.05, 3.63) is 24.3 Å². The van der Waals surface area contributed by atoms with Gasteiger partial charge in [0.05, 0.1) is 13.2 Å². The highest BCUT2D eigenvalue weighted by Crippen LogP contribution is 2.18. The highest BCUT2D eigenvalue weighted by atomic mass is 16.5. The lowest BCUT2D eigenvalue weighted by Crippen LogP contribution is -2.91. The SMILES string of the molecule is CC[C@@H](C)[NH2+]C[C@H](O)COc1cccc(OC)c1. The third kappa shape index (κ3) is 5.38. The Morgan fingerprint density at radius 2 is 2.06 bits per heavy atom. The molecule has 0 fully saturated rings. The molecule has 0 amide bonds. The topological polar surface area (TPSA) is 55.3 Å². The summed E-state index contributed by atoms with van der Waals surface area (Å²) in [5, 5.41) is 11.9. The molecule has 0 aliphatic carbocycles. The summed E-state index contributed by atoms with van der Waals surface area (Å²) in [6.07, 6.45) is 0.647. The highest BCUT2D eigenvalue weighted by Gasteiger charge is 2.10. The van der Waals surface area contributed by atoms with Gasteiger partial charge < -0.3 is 19.9 Å². The van der Waals surface area contributed by atoms with Gasteiger partial charge in [0.2, 0.25) is 0 Å². The van der Waals surface area contributed by atoms with Crippen molar-refractivity contribution in [1.82, 2.24) is 0 Å². The first kappa shape index (κ1) is 14.8. The third-order valence-electron chi connectivity index (χ3n) is 2.94. The largest absolute Gasteiger partial charge is 0.497 e. The van der Waals surface area contributed by atoms with Crippen LogP contribution in [-0.4, -0.2) is 37.5 Å². The van der Waals surface area contributed by atoms with Gasteiger partial charge in [0.1, 0.15) is 30.8 Å². The summed E-state index contributed by atoms with van der Waals surface area (Å²) in [6, 6.07) is 7.93. The monoisotopic (exact) mass is 254 g/mol. The molecular formula is C14H24NO3+.